The Hall–Kier alpha value is -2.69. The zero-order valence-electron chi connectivity index (χ0n) is 22.8. The van der Waals surface area contributed by atoms with Crippen molar-refractivity contribution in [3.63, 3.8) is 0 Å². The number of allylic oxidation sites excluding steroid dienone is 2. The fourth-order valence-electron chi connectivity index (χ4n) is 4.27. The SMILES string of the molecule is Cc1ccc(S(=O)(=O)N(C)C2CN(CCC3(C(=O)OC(C)(C)C)C=CC=CC3OC(=O)N(C)C)C2)cc1. The van der Waals surface area contributed by atoms with Crippen LogP contribution in [0, 0.1) is 12.3 Å². The minimum atomic E-state index is -3.60. The second kappa shape index (κ2) is 11.0. The van der Waals surface area contributed by atoms with E-state index in [0.717, 1.165) is 5.56 Å². The molecule has 2 atom stereocenters. The molecule has 2 unspecified atom stereocenters. The van der Waals surface area contributed by atoms with Crippen LogP contribution >= 0.6 is 0 Å². The molecule has 9 nitrogen and oxygen atoms in total. The van der Waals surface area contributed by atoms with Crippen molar-refractivity contribution < 1.29 is 27.5 Å². The van der Waals surface area contributed by atoms with Gasteiger partial charge in [0.25, 0.3) is 0 Å². The number of benzene rings is 1. The number of amides is 1. The molecule has 0 spiro atoms. The van der Waals surface area contributed by atoms with Gasteiger partial charge in [-0.1, -0.05) is 35.9 Å². The molecule has 1 aromatic carbocycles. The van der Waals surface area contributed by atoms with Crippen molar-refractivity contribution in [1.82, 2.24) is 14.1 Å². The fraction of sp³-hybridized carbons (Fsp3) is 0.556. The summed E-state index contributed by atoms with van der Waals surface area (Å²) in [6, 6.07) is 6.65. The predicted octanol–water partition coefficient (Wildman–Crippen LogP) is 3.21. The number of sulfonamides is 1. The van der Waals surface area contributed by atoms with Crippen LogP contribution in [-0.2, 0) is 24.3 Å². The maximum Gasteiger partial charge on any atom is 0.409 e. The van der Waals surface area contributed by atoms with Crippen LogP contribution < -0.4 is 0 Å². The van der Waals surface area contributed by atoms with E-state index in [1.54, 1.807) is 90.5 Å². The second-order valence-corrected chi connectivity index (χ2v) is 13.0. The first-order chi connectivity index (χ1) is 17.2. The maximum absolute atomic E-state index is 13.5. The molecule has 0 bridgehead atoms. The number of likely N-dealkylation sites (N-methyl/N-ethyl adjacent to an activating group) is 1. The van der Waals surface area contributed by atoms with Crippen molar-refractivity contribution in [2.24, 2.45) is 5.41 Å². The number of carbonyl (C=O) groups excluding carboxylic acids is 2. The van der Waals surface area contributed by atoms with Gasteiger partial charge < -0.3 is 14.4 Å². The molecule has 0 saturated carbocycles. The zero-order valence-corrected chi connectivity index (χ0v) is 23.6. The third kappa shape index (κ3) is 6.61. The number of carbonyl (C=O) groups is 2. The Morgan fingerprint density at radius 2 is 1.70 bits per heavy atom. The molecular weight excluding hydrogens is 494 g/mol. The predicted molar refractivity (Wildman–Crippen MR) is 141 cm³/mol. The standard InChI is InChI=1S/C27H39N3O6S/c1-20-11-13-22(14-12-20)37(33,34)29(7)21-18-30(19-21)17-16-27(24(31)36-26(2,3)4)15-9-8-10-23(27)35-25(32)28(5)6/h8-15,21,23H,16-19H2,1-7H3. The molecule has 10 heteroatoms. The van der Waals surface area contributed by atoms with Crippen molar-refractivity contribution in [1.29, 1.82) is 0 Å². The topological polar surface area (TPSA) is 96.5 Å². The van der Waals surface area contributed by atoms with Crippen LogP contribution in [0.3, 0.4) is 0 Å². The summed E-state index contributed by atoms with van der Waals surface area (Å²) in [5.41, 5.74) is -0.917. The van der Waals surface area contributed by atoms with Gasteiger partial charge in [0.1, 0.15) is 17.1 Å². The minimum Gasteiger partial charge on any atom is -0.459 e. The summed E-state index contributed by atoms with van der Waals surface area (Å²) in [4.78, 5) is 29.5. The highest BCUT2D eigenvalue weighted by molar-refractivity contribution is 7.89. The Balaban J connectivity index is 1.71. The normalized spacial score (nSPS) is 22.5. The molecule has 0 radical (unpaired) electrons. The summed E-state index contributed by atoms with van der Waals surface area (Å²) < 4.78 is 39.0. The van der Waals surface area contributed by atoms with Gasteiger partial charge in [0.05, 0.1) is 10.9 Å². The monoisotopic (exact) mass is 533 g/mol. The Labute approximate surface area is 220 Å². The van der Waals surface area contributed by atoms with E-state index in [9.17, 15) is 18.0 Å². The lowest BCUT2D eigenvalue weighted by atomic mass is 9.75. The molecule has 0 aromatic heterocycles. The fourth-order valence-corrected chi connectivity index (χ4v) is 5.61. The molecule has 0 N–H and O–H groups in total. The van der Waals surface area contributed by atoms with Gasteiger partial charge in [0, 0.05) is 34.2 Å². The van der Waals surface area contributed by atoms with Gasteiger partial charge in [0.2, 0.25) is 10.0 Å². The molecule has 37 heavy (non-hydrogen) atoms. The van der Waals surface area contributed by atoms with Gasteiger partial charge in [-0.15, -0.1) is 0 Å². The Kier molecular flexibility index (Phi) is 8.56. The first-order valence-electron chi connectivity index (χ1n) is 12.4. The van der Waals surface area contributed by atoms with Crippen LogP contribution in [0.1, 0.15) is 32.8 Å². The van der Waals surface area contributed by atoms with E-state index in [2.05, 4.69) is 4.90 Å². The third-order valence-electron chi connectivity index (χ3n) is 6.66. The highest BCUT2D eigenvalue weighted by Gasteiger charge is 2.49. The highest BCUT2D eigenvalue weighted by Crippen LogP contribution is 2.38. The molecular formula is C27H39N3O6S. The first-order valence-corrected chi connectivity index (χ1v) is 13.8. The lowest BCUT2D eigenvalue weighted by Crippen LogP contribution is -2.60. The molecule has 1 heterocycles. The van der Waals surface area contributed by atoms with Crippen molar-refractivity contribution in [3.8, 4) is 0 Å². The quantitative estimate of drug-likeness (QED) is 0.474. The molecule has 3 rings (SSSR count). The van der Waals surface area contributed by atoms with Gasteiger partial charge in [0.15, 0.2) is 0 Å². The second-order valence-electron chi connectivity index (χ2n) is 11.0. The van der Waals surface area contributed by atoms with Gasteiger partial charge in [-0.05, 0) is 58.9 Å². The van der Waals surface area contributed by atoms with Gasteiger partial charge in [-0.3, -0.25) is 9.69 Å². The summed E-state index contributed by atoms with van der Waals surface area (Å²) in [7, 11) is 1.17. The zero-order chi connectivity index (χ0) is 27.6. The van der Waals surface area contributed by atoms with Crippen LogP contribution in [-0.4, -0.2) is 93.1 Å². The van der Waals surface area contributed by atoms with Gasteiger partial charge >= 0.3 is 12.1 Å². The Bertz CT molecular complexity index is 1150. The summed E-state index contributed by atoms with van der Waals surface area (Å²) in [6.07, 6.45) is 5.93. The van der Waals surface area contributed by atoms with E-state index in [1.807, 2.05) is 6.92 Å². The van der Waals surface area contributed by atoms with Crippen LogP contribution in [0.15, 0.2) is 53.5 Å². The lowest BCUT2D eigenvalue weighted by Gasteiger charge is -2.45. The number of nitrogens with zero attached hydrogens (tertiary/aromatic N) is 3. The van der Waals surface area contributed by atoms with E-state index < -0.39 is 39.2 Å². The third-order valence-corrected chi connectivity index (χ3v) is 8.59. The molecule has 1 saturated heterocycles. The molecule has 1 aliphatic heterocycles. The van der Waals surface area contributed by atoms with Crippen molar-refractivity contribution >= 4 is 22.1 Å². The summed E-state index contributed by atoms with van der Waals surface area (Å²) in [5, 5.41) is 0. The maximum atomic E-state index is 13.5. The molecule has 1 aromatic rings. The highest BCUT2D eigenvalue weighted by atomic mass is 32.2. The Morgan fingerprint density at radius 1 is 1.08 bits per heavy atom. The van der Waals surface area contributed by atoms with Crippen LogP contribution in [0.25, 0.3) is 0 Å². The van der Waals surface area contributed by atoms with Crippen molar-refractivity contribution in [2.45, 2.75) is 56.8 Å². The van der Waals surface area contributed by atoms with Gasteiger partial charge in [-0.25, -0.2) is 13.2 Å². The number of hydrogen-bond acceptors (Lipinski definition) is 7. The molecule has 1 amide bonds. The minimum absolute atomic E-state index is 0.173. The smallest absolute Gasteiger partial charge is 0.409 e. The number of esters is 1. The van der Waals surface area contributed by atoms with E-state index in [1.165, 1.54) is 9.21 Å². The molecule has 2 aliphatic rings. The van der Waals surface area contributed by atoms with Crippen LogP contribution in [0.5, 0.6) is 0 Å². The summed E-state index contributed by atoms with van der Waals surface area (Å²) in [5.74, 6) is -0.465. The van der Waals surface area contributed by atoms with E-state index in [4.69, 9.17) is 9.47 Å². The average Bonchev–Trinajstić information content (AvgIpc) is 2.77. The number of hydrogen-bond donors (Lipinski definition) is 0. The largest absolute Gasteiger partial charge is 0.459 e. The number of likely N-dealkylation sites (tertiary alicyclic amines) is 1. The Morgan fingerprint density at radius 3 is 2.27 bits per heavy atom. The van der Waals surface area contributed by atoms with Crippen molar-refractivity contribution in [3.05, 3.63) is 54.1 Å². The van der Waals surface area contributed by atoms with Crippen LogP contribution in [0.4, 0.5) is 4.79 Å². The van der Waals surface area contributed by atoms with E-state index in [-0.39, 0.29) is 10.9 Å². The first kappa shape index (κ1) is 28.9. The molecule has 204 valence electrons. The lowest BCUT2D eigenvalue weighted by molar-refractivity contribution is -0.170. The van der Waals surface area contributed by atoms with E-state index in [0.29, 0.717) is 26.1 Å². The number of aryl methyl sites for hydroxylation is 1. The van der Waals surface area contributed by atoms with Gasteiger partial charge in [-0.2, -0.15) is 4.31 Å². The summed E-state index contributed by atoms with van der Waals surface area (Å²) >= 11 is 0. The molecule has 1 aliphatic carbocycles. The van der Waals surface area contributed by atoms with Crippen molar-refractivity contribution in [2.75, 3.05) is 40.8 Å². The number of rotatable bonds is 8. The average molecular weight is 534 g/mol. The number of ether oxygens (including phenoxy) is 2. The molecule has 1 fully saturated rings. The van der Waals surface area contributed by atoms with Crippen LogP contribution in [0.2, 0.25) is 0 Å². The van der Waals surface area contributed by atoms with E-state index >= 15 is 0 Å². The summed E-state index contributed by atoms with van der Waals surface area (Å²) in [6.45, 7) is 8.88.